The van der Waals surface area contributed by atoms with Gasteiger partial charge in [-0.3, -0.25) is 0 Å². The van der Waals surface area contributed by atoms with E-state index >= 15 is 0 Å². The maximum Gasteiger partial charge on any atom is 0.161 e. The first-order chi connectivity index (χ1) is 12.2. The second-order valence-corrected chi connectivity index (χ2v) is 9.38. The molecular weight excluding hydrogens is 330 g/mol. The summed E-state index contributed by atoms with van der Waals surface area (Å²) in [5.41, 5.74) is 4.04. The van der Waals surface area contributed by atoms with Crippen molar-refractivity contribution in [3.63, 3.8) is 0 Å². The minimum atomic E-state index is -3.21. The zero-order valence-corrected chi connectivity index (χ0v) is 15.3. The van der Waals surface area contributed by atoms with Crippen LogP contribution in [-0.2, 0) is 9.84 Å². The van der Waals surface area contributed by atoms with Gasteiger partial charge in [-0.15, -0.1) is 0 Å². The number of piperidine rings is 1. The summed E-state index contributed by atoms with van der Waals surface area (Å²) in [5, 5.41) is -0.499. The molecular formula is C21H25NO2S. The normalized spacial score (nSPS) is 18.1. The van der Waals surface area contributed by atoms with E-state index in [2.05, 4.69) is 4.90 Å². The lowest BCUT2D eigenvalue weighted by Crippen LogP contribution is -2.31. The topological polar surface area (TPSA) is 37.4 Å². The van der Waals surface area contributed by atoms with Crippen molar-refractivity contribution in [3.8, 4) is 11.1 Å². The van der Waals surface area contributed by atoms with Crippen molar-refractivity contribution >= 4 is 9.84 Å². The molecule has 0 saturated carbocycles. The summed E-state index contributed by atoms with van der Waals surface area (Å²) in [6.07, 6.45) is 4.53. The Kier molecular flexibility index (Phi) is 4.65. The molecule has 132 valence electrons. The summed E-state index contributed by atoms with van der Waals surface area (Å²) in [6, 6.07) is 15.9. The van der Waals surface area contributed by atoms with Crippen molar-refractivity contribution in [2.45, 2.75) is 30.9 Å². The lowest BCUT2D eigenvalue weighted by atomic mass is 10.1. The van der Waals surface area contributed by atoms with Gasteiger partial charge in [0.15, 0.2) is 9.84 Å². The monoisotopic (exact) mass is 355 g/mol. The first kappa shape index (κ1) is 16.8. The zero-order valence-electron chi connectivity index (χ0n) is 14.5. The van der Waals surface area contributed by atoms with E-state index in [1.807, 2.05) is 48.5 Å². The van der Waals surface area contributed by atoms with Crippen LogP contribution in [0, 0.1) is 0 Å². The third-order valence-electron chi connectivity index (χ3n) is 5.49. The average Bonchev–Trinajstić information content (AvgIpc) is 2.98. The van der Waals surface area contributed by atoms with Crippen LogP contribution < -0.4 is 0 Å². The standard InChI is InChI=1S/C21H25NO2S/c23-25(24,16-8-15-22-13-6-1-7-14-22)21-19-11-4-2-9-17(19)18-10-3-5-12-20(18)21/h2-5,9-12,21H,1,6-8,13-16H2. The smallest absolute Gasteiger partial charge is 0.161 e. The molecule has 1 saturated heterocycles. The van der Waals surface area contributed by atoms with Crippen molar-refractivity contribution < 1.29 is 8.42 Å². The Morgan fingerprint density at radius 2 is 1.40 bits per heavy atom. The van der Waals surface area contributed by atoms with Gasteiger partial charge in [0.1, 0.15) is 5.25 Å². The average molecular weight is 356 g/mol. The molecule has 0 amide bonds. The fourth-order valence-electron chi connectivity index (χ4n) is 4.29. The number of fused-ring (bicyclic) bond motifs is 3. The summed E-state index contributed by atoms with van der Waals surface area (Å²) in [6.45, 7) is 3.14. The number of hydrogen-bond acceptors (Lipinski definition) is 3. The predicted molar refractivity (Wildman–Crippen MR) is 102 cm³/mol. The fraction of sp³-hybridized carbons (Fsp3) is 0.429. The first-order valence-corrected chi connectivity index (χ1v) is 11.0. The van der Waals surface area contributed by atoms with Crippen LogP contribution in [-0.4, -0.2) is 38.7 Å². The van der Waals surface area contributed by atoms with Crippen LogP contribution in [0.4, 0.5) is 0 Å². The maximum absolute atomic E-state index is 13.2. The van der Waals surface area contributed by atoms with Gasteiger partial charge in [0.05, 0.1) is 5.75 Å². The molecule has 1 aliphatic carbocycles. The number of hydrogen-bond donors (Lipinski definition) is 0. The molecule has 3 nitrogen and oxygen atoms in total. The molecule has 25 heavy (non-hydrogen) atoms. The van der Waals surface area contributed by atoms with Crippen molar-refractivity contribution in [1.29, 1.82) is 0 Å². The lowest BCUT2D eigenvalue weighted by Gasteiger charge is -2.26. The van der Waals surface area contributed by atoms with Gasteiger partial charge in [0, 0.05) is 0 Å². The third-order valence-corrected chi connectivity index (χ3v) is 7.57. The van der Waals surface area contributed by atoms with Gasteiger partial charge >= 0.3 is 0 Å². The van der Waals surface area contributed by atoms with Crippen LogP contribution in [0.25, 0.3) is 11.1 Å². The van der Waals surface area contributed by atoms with E-state index in [1.165, 1.54) is 19.3 Å². The van der Waals surface area contributed by atoms with Gasteiger partial charge in [0.2, 0.25) is 0 Å². The highest BCUT2D eigenvalue weighted by Crippen LogP contribution is 2.47. The molecule has 2 aromatic carbocycles. The molecule has 4 heteroatoms. The molecule has 0 bridgehead atoms. The highest BCUT2D eigenvalue weighted by atomic mass is 32.2. The molecule has 0 atom stereocenters. The Hall–Kier alpha value is -1.65. The highest BCUT2D eigenvalue weighted by molar-refractivity contribution is 7.91. The number of benzene rings is 2. The lowest BCUT2D eigenvalue weighted by molar-refractivity contribution is 0.229. The van der Waals surface area contributed by atoms with Gasteiger partial charge in [0.25, 0.3) is 0 Å². The molecule has 1 aliphatic heterocycles. The van der Waals surface area contributed by atoms with Gasteiger partial charge in [-0.05, 0) is 61.2 Å². The summed E-state index contributed by atoms with van der Waals surface area (Å²) < 4.78 is 26.4. The molecule has 0 unspecified atom stereocenters. The molecule has 0 aromatic heterocycles. The number of sulfone groups is 1. The largest absolute Gasteiger partial charge is 0.303 e. The predicted octanol–water partition coefficient (Wildman–Crippen LogP) is 4.05. The second-order valence-electron chi connectivity index (χ2n) is 7.18. The molecule has 1 fully saturated rings. The molecule has 0 spiro atoms. The van der Waals surface area contributed by atoms with Crippen molar-refractivity contribution in [2.24, 2.45) is 0 Å². The van der Waals surface area contributed by atoms with Crippen LogP contribution in [0.1, 0.15) is 42.1 Å². The van der Waals surface area contributed by atoms with Gasteiger partial charge < -0.3 is 4.90 Å². The second kappa shape index (κ2) is 6.93. The van der Waals surface area contributed by atoms with Crippen molar-refractivity contribution in [3.05, 3.63) is 59.7 Å². The molecule has 0 N–H and O–H groups in total. The summed E-state index contributed by atoms with van der Waals surface area (Å²) in [5.74, 6) is 0.261. The Morgan fingerprint density at radius 3 is 2.00 bits per heavy atom. The Bertz CT molecular complexity index is 808. The summed E-state index contributed by atoms with van der Waals surface area (Å²) in [7, 11) is -3.21. The quantitative estimate of drug-likeness (QED) is 0.812. The third kappa shape index (κ3) is 3.25. The van der Waals surface area contributed by atoms with E-state index < -0.39 is 15.1 Å². The van der Waals surface area contributed by atoms with Crippen LogP contribution in [0.2, 0.25) is 0 Å². The van der Waals surface area contributed by atoms with Gasteiger partial charge in [-0.2, -0.15) is 0 Å². The number of rotatable bonds is 5. The molecule has 4 rings (SSSR count). The molecule has 2 aliphatic rings. The minimum absolute atomic E-state index is 0.261. The van der Waals surface area contributed by atoms with Crippen LogP contribution in [0.15, 0.2) is 48.5 Å². The van der Waals surface area contributed by atoms with Crippen LogP contribution >= 0.6 is 0 Å². The summed E-state index contributed by atoms with van der Waals surface area (Å²) in [4.78, 5) is 2.41. The van der Waals surface area contributed by atoms with Crippen LogP contribution in [0.5, 0.6) is 0 Å². The van der Waals surface area contributed by atoms with E-state index in [9.17, 15) is 8.42 Å². The van der Waals surface area contributed by atoms with E-state index in [4.69, 9.17) is 0 Å². The Morgan fingerprint density at radius 1 is 0.840 bits per heavy atom. The highest BCUT2D eigenvalue weighted by Gasteiger charge is 2.37. The SMILES string of the molecule is O=S(=O)(CCCN1CCCCC1)C1c2ccccc2-c2ccccc21. The van der Waals surface area contributed by atoms with Gasteiger partial charge in [-0.25, -0.2) is 8.42 Å². The molecule has 0 radical (unpaired) electrons. The summed E-state index contributed by atoms with van der Waals surface area (Å²) >= 11 is 0. The Labute approximate surface area is 150 Å². The Balaban J connectivity index is 1.55. The van der Waals surface area contributed by atoms with Crippen molar-refractivity contribution in [2.75, 3.05) is 25.4 Å². The van der Waals surface area contributed by atoms with E-state index in [0.29, 0.717) is 0 Å². The first-order valence-electron chi connectivity index (χ1n) is 9.29. The fourth-order valence-corrected chi connectivity index (χ4v) is 6.24. The van der Waals surface area contributed by atoms with E-state index in [0.717, 1.165) is 48.3 Å². The number of likely N-dealkylation sites (tertiary alicyclic amines) is 1. The van der Waals surface area contributed by atoms with Crippen LogP contribution in [0.3, 0.4) is 0 Å². The maximum atomic E-state index is 13.2. The minimum Gasteiger partial charge on any atom is -0.303 e. The number of nitrogens with zero attached hydrogens (tertiary/aromatic N) is 1. The van der Waals surface area contributed by atoms with Gasteiger partial charge in [-0.1, -0.05) is 55.0 Å². The van der Waals surface area contributed by atoms with Crippen molar-refractivity contribution in [1.82, 2.24) is 4.90 Å². The van der Waals surface area contributed by atoms with E-state index in [-0.39, 0.29) is 5.75 Å². The zero-order chi connectivity index (χ0) is 17.3. The molecule has 1 heterocycles. The van der Waals surface area contributed by atoms with E-state index in [1.54, 1.807) is 0 Å². The molecule has 2 aromatic rings.